The van der Waals surface area contributed by atoms with E-state index in [0.717, 1.165) is 0 Å². The van der Waals surface area contributed by atoms with E-state index in [0.29, 0.717) is 6.42 Å². The van der Waals surface area contributed by atoms with E-state index in [1.54, 1.807) is 0 Å². The first-order valence-corrected chi connectivity index (χ1v) is 4.84. The Morgan fingerprint density at radius 2 is 1.62 bits per heavy atom. The van der Waals surface area contributed by atoms with Gasteiger partial charge in [0.25, 0.3) is 0 Å². The predicted octanol–water partition coefficient (Wildman–Crippen LogP) is -0.0998. The lowest BCUT2D eigenvalue weighted by Crippen LogP contribution is -2.52. The molecule has 0 aromatic carbocycles. The summed E-state index contributed by atoms with van der Waals surface area (Å²) < 4.78 is 14.0. The molecule has 0 unspecified atom stereocenters. The Morgan fingerprint density at radius 3 is 2.06 bits per heavy atom. The third-order valence-electron chi connectivity index (χ3n) is 2.61. The van der Waals surface area contributed by atoms with Crippen molar-refractivity contribution in [1.29, 1.82) is 0 Å². The summed E-state index contributed by atoms with van der Waals surface area (Å²) in [5, 5.41) is 0. The third kappa shape index (κ3) is 2.32. The van der Waals surface area contributed by atoms with Gasteiger partial charge in [0.2, 0.25) is 0 Å². The largest absolute Gasteiger partial charge is 0.469 e. The van der Waals surface area contributed by atoms with E-state index in [9.17, 15) is 14.4 Å². The summed E-state index contributed by atoms with van der Waals surface area (Å²) in [5.74, 6) is -2.86. The van der Waals surface area contributed by atoms with Gasteiger partial charge in [-0.1, -0.05) is 0 Å². The van der Waals surface area contributed by atoms with E-state index in [-0.39, 0.29) is 0 Å². The summed E-state index contributed by atoms with van der Waals surface area (Å²) in [5.41, 5.74) is 0. The summed E-state index contributed by atoms with van der Waals surface area (Å²) in [7, 11) is 2.47. The molecule has 0 radical (unpaired) electrons. The van der Waals surface area contributed by atoms with Crippen molar-refractivity contribution in [3.8, 4) is 0 Å². The number of esters is 3. The summed E-state index contributed by atoms with van der Waals surface area (Å²) in [4.78, 5) is 33.4. The molecule has 6 heteroatoms. The number of ether oxygens (including phenoxy) is 3. The van der Waals surface area contributed by atoms with Crippen LogP contribution in [0.4, 0.5) is 0 Å². The highest BCUT2D eigenvalue weighted by Crippen LogP contribution is 2.38. The van der Waals surface area contributed by atoms with Crippen molar-refractivity contribution in [2.75, 3.05) is 14.2 Å². The molecule has 0 aromatic heterocycles. The maximum absolute atomic E-state index is 11.4. The molecule has 0 heterocycles. The van der Waals surface area contributed by atoms with E-state index in [1.807, 2.05) is 0 Å². The Kier molecular flexibility index (Phi) is 3.87. The average Bonchev–Trinajstić information content (AvgIpc) is 2.22. The molecule has 1 rings (SSSR count). The van der Waals surface area contributed by atoms with Crippen molar-refractivity contribution in [1.82, 2.24) is 0 Å². The van der Waals surface area contributed by atoms with Gasteiger partial charge in [-0.15, -0.1) is 0 Å². The van der Waals surface area contributed by atoms with Crippen molar-refractivity contribution in [3.63, 3.8) is 0 Å². The van der Waals surface area contributed by atoms with Gasteiger partial charge in [0, 0.05) is 6.92 Å². The highest BCUT2D eigenvalue weighted by atomic mass is 16.6. The van der Waals surface area contributed by atoms with Gasteiger partial charge in [-0.3, -0.25) is 14.4 Å². The maximum atomic E-state index is 11.4. The average molecular weight is 230 g/mol. The molecule has 0 aliphatic heterocycles. The van der Waals surface area contributed by atoms with Crippen LogP contribution in [-0.4, -0.2) is 38.2 Å². The van der Waals surface area contributed by atoms with Crippen LogP contribution in [0.25, 0.3) is 0 Å². The maximum Gasteiger partial charge on any atom is 0.313 e. The molecule has 3 atom stereocenters. The van der Waals surface area contributed by atoms with Crippen LogP contribution in [0.1, 0.15) is 13.3 Å². The second-order valence-corrected chi connectivity index (χ2v) is 3.56. The molecule has 0 spiro atoms. The molecule has 0 N–H and O–H groups in total. The summed E-state index contributed by atoms with van der Waals surface area (Å²) in [6.07, 6.45) is -0.291. The van der Waals surface area contributed by atoms with Crippen LogP contribution in [0, 0.1) is 11.8 Å². The van der Waals surface area contributed by atoms with Gasteiger partial charge in [0.1, 0.15) is 12.0 Å². The normalized spacial score (nSPS) is 27.6. The zero-order chi connectivity index (χ0) is 12.3. The van der Waals surface area contributed by atoms with Gasteiger partial charge in [-0.25, -0.2) is 0 Å². The molecule has 1 aliphatic carbocycles. The fraction of sp³-hybridized carbons (Fsp3) is 0.700. The first kappa shape index (κ1) is 12.5. The Bertz CT molecular complexity index is 310. The third-order valence-corrected chi connectivity index (χ3v) is 2.61. The zero-order valence-corrected chi connectivity index (χ0v) is 9.39. The highest BCUT2D eigenvalue weighted by molar-refractivity contribution is 5.85. The van der Waals surface area contributed by atoms with Crippen molar-refractivity contribution < 1.29 is 28.6 Å². The molecule has 16 heavy (non-hydrogen) atoms. The number of hydrogen-bond donors (Lipinski definition) is 0. The second-order valence-electron chi connectivity index (χ2n) is 3.56. The number of carbonyl (C=O) groups is 3. The van der Waals surface area contributed by atoms with Gasteiger partial charge in [0.05, 0.1) is 20.1 Å². The zero-order valence-electron chi connectivity index (χ0n) is 9.39. The minimum atomic E-state index is -0.749. The van der Waals surface area contributed by atoms with Crippen LogP contribution in [-0.2, 0) is 28.6 Å². The molecule has 0 amide bonds. The topological polar surface area (TPSA) is 78.9 Å². The van der Waals surface area contributed by atoms with E-state index in [1.165, 1.54) is 21.1 Å². The van der Waals surface area contributed by atoms with E-state index >= 15 is 0 Å². The fourth-order valence-electron chi connectivity index (χ4n) is 1.79. The number of carbonyl (C=O) groups excluding carboxylic acids is 3. The highest BCUT2D eigenvalue weighted by Gasteiger charge is 2.53. The number of methoxy groups -OCH3 is 2. The van der Waals surface area contributed by atoms with Gasteiger partial charge >= 0.3 is 17.9 Å². The van der Waals surface area contributed by atoms with Crippen LogP contribution in [0.2, 0.25) is 0 Å². The Balaban J connectivity index is 2.69. The molecule has 1 aliphatic rings. The quantitative estimate of drug-likeness (QED) is 0.497. The fourth-order valence-corrected chi connectivity index (χ4v) is 1.79. The molecular formula is C10H14O6. The van der Waals surface area contributed by atoms with Crippen molar-refractivity contribution in [3.05, 3.63) is 0 Å². The molecule has 6 nitrogen and oxygen atoms in total. The lowest BCUT2D eigenvalue weighted by atomic mass is 9.70. The van der Waals surface area contributed by atoms with Crippen molar-refractivity contribution >= 4 is 17.9 Å². The Morgan fingerprint density at radius 1 is 1.06 bits per heavy atom. The molecular weight excluding hydrogens is 216 g/mol. The second kappa shape index (κ2) is 4.96. The van der Waals surface area contributed by atoms with Crippen LogP contribution in [0.15, 0.2) is 0 Å². The molecule has 0 saturated heterocycles. The smallest absolute Gasteiger partial charge is 0.313 e. The van der Waals surface area contributed by atoms with Crippen LogP contribution >= 0.6 is 0 Å². The summed E-state index contributed by atoms with van der Waals surface area (Å²) in [6, 6.07) is 0. The van der Waals surface area contributed by atoms with E-state index < -0.39 is 35.8 Å². The minimum absolute atomic E-state index is 0.298. The lowest BCUT2D eigenvalue weighted by Gasteiger charge is -2.39. The van der Waals surface area contributed by atoms with Gasteiger partial charge in [0.15, 0.2) is 0 Å². The number of hydrogen-bond acceptors (Lipinski definition) is 6. The minimum Gasteiger partial charge on any atom is -0.469 e. The lowest BCUT2D eigenvalue weighted by molar-refractivity contribution is -0.186. The molecule has 0 bridgehead atoms. The van der Waals surface area contributed by atoms with E-state index in [4.69, 9.17) is 4.74 Å². The van der Waals surface area contributed by atoms with Crippen LogP contribution in [0.5, 0.6) is 0 Å². The van der Waals surface area contributed by atoms with Crippen LogP contribution in [0.3, 0.4) is 0 Å². The molecule has 90 valence electrons. The van der Waals surface area contributed by atoms with Crippen molar-refractivity contribution in [2.45, 2.75) is 19.4 Å². The summed E-state index contributed by atoms with van der Waals surface area (Å²) >= 11 is 0. The van der Waals surface area contributed by atoms with Gasteiger partial charge < -0.3 is 14.2 Å². The molecule has 0 aromatic rings. The monoisotopic (exact) mass is 230 g/mol. The van der Waals surface area contributed by atoms with E-state index in [2.05, 4.69) is 9.47 Å². The Labute approximate surface area is 92.8 Å². The SMILES string of the molecule is COC(=O)[C@H]1[C@@H](C(=O)OC)C[C@H]1OC(C)=O. The molecule has 1 saturated carbocycles. The van der Waals surface area contributed by atoms with Crippen LogP contribution < -0.4 is 0 Å². The Hall–Kier alpha value is -1.59. The summed E-state index contributed by atoms with van der Waals surface area (Å²) in [6.45, 7) is 1.25. The predicted molar refractivity (Wildman–Crippen MR) is 51.2 cm³/mol. The standard InChI is InChI=1S/C10H14O6/c1-5(11)16-7-4-6(9(12)14-2)8(7)10(13)15-3/h6-8H,4H2,1-3H3/t6-,7+,8-/m0/s1. The number of rotatable bonds is 3. The van der Waals surface area contributed by atoms with Gasteiger partial charge in [-0.05, 0) is 6.42 Å². The van der Waals surface area contributed by atoms with Gasteiger partial charge in [-0.2, -0.15) is 0 Å². The van der Waals surface area contributed by atoms with Crippen molar-refractivity contribution in [2.24, 2.45) is 11.8 Å². The molecule has 1 fully saturated rings. The first-order valence-electron chi connectivity index (χ1n) is 4.84. The first-order chi connectivity index (χ1) is 7.51.